The minimum atomic E-state index is -3.45. The second kappa shape index (κ2) is 6.00. The molecule has 0 spiro atoms. The largest absolute Gasteiger partial charge is 0.332 e. The van der Waals surface area contributed by atoms with Crippen LogP contribution in [-0.2, 0) is 10.0 Å². The lowest BCUT2D eigenvalue weighted by atomic mass is 10.4. The monoisotopic (exact) mass is 287 g/mol. The Kier molecular flexibility index (Phi) is 4.56. The van der Waals surface area contributed by atoms with E-state index in [-0.39, 0.29) is 5.03 Å². The second-order valence-electron chi connectivity index (χ2n) is 4.72. The van der Waals surface area contributed by atoms with Gasteiger partial charge in [0.2, 0.25) is 0 Å². The van der Waals surface area contributed by atoms with Crippen molar-refractivity contribution in [2.24, 2.45) is 5.73 Å². The summed E-state index contributed by atoms with van der Waals surface area (Å²) in [5.74, 6) is 0.609. The Morgan fingerprint density at radius 3 is 2.79 bits per heavy atom. The van der Waals surface area contributed by atoms with Gasteiger partial charge in [-0.25, -0.2) is 13.4 Å². The normalized spacial score (nSPS) is 19.5. The summed E-state index contributed by atoms with van der Waals surface area (Å²) in [6, 6.07) is 0. The van der Waals surface area contributed by atoms with Crippen LogP contribution in [-0.4, -0.2) is 66.9 Å². The zero-order valence-electron chi connectivity index (χ0n) is 11.2. The highest BCUT2D eigenvalue weighted by Crippen LogP contribution is 2.15. The topological polar surface area (TPSA) is 95.3 Å². The van der Waals surface area contributed by atoms with Gasteiger partial charge in [0.15, 0.2) is 5.03 Å². The Morgan fingerprint density at radius 2 is 2.16 bits per heavy atom. The van der Waals surface area contributed by atoms with Crippen LogP contribution in [0.2, 0.25) is 0 Å². The van der Waals surface area contributed by atoms with E-state index in [0.29, 0.717) is 25.5 Å². The van der Waals surface area contributed by atoms with E-state index in [1.807, 2.05) is 0 Å². The lowest BCUT2D eigenvalue weighted by Crippen LogP contribution is -2.36. The van der Waals surface area contributed by atoms with Gasteiger partial charge in [-0.3, -0.25) is 0 Å². The highest BCUT2D eigenvalue weighted by molar-refractivity contribution is 7.89. The number of rotatable bonds is 4. The van der Waals surface area contributed by atoms with Crippen LogP contribution < -0.4 is 5.73 Å². The molecule has 1 saturated heterocycles. The van der Waals surface area contributed by atoms with E-state index in [9.17, 15) is 8.42 Å². The van der Waals surface area contributed by atoms with Crippen molar-refractivity contribution in [3.8, 4) is 0 Å². The molecule has 0 aromatic carbocycles. The summed E-state index contributed by atoms with van der Waals surface area (Å²) < 4.78 is 26.4. The quantitative estimate of drug-likeness (QED) is 0.769. The first kappa shape index (κ1) is 14.4. The molecule has 1 aliphatic heterocycles. The lowest BCUT2D eigenvalue weighted by molar-refractivity contribution is 0.294. The van der Waals surface area contributed by atoms with E-state index in [2.05, 4.69) is 14.9 Å². The third kappa shape index (κ3) is 3.33. The molecular formula is C11H21N5O2S. The number of nitrogens with zero attached hydrogens (tertiary/aromatic N) is 3. The van der Waals surface area contributed by atoms with Gasteiger partial charge >= 0.3 is 0 Å². The van der Waals surface area contributed by atoms with Gasteiger partial charge in [-0.15, -0.1) is 0 Å². The van der Waals surface area contributed by atoms with E-state index in [1.165, 1.54) is 10.5 Å². The number of imidazole rings is 1. The van der Waals surface area contributed by atoms with Crippen LogP contribution in [0, 0.1) is 6.92 Å². The molecular weight excluding hydrogens is 266 g/mol. The van der Waals surface area contributed by atoms with Crippen molar-refractivity contribution in [1.29, 1.82) is 0 Å². The fourth-order valence-corrected chi connectivity index (χ4v) is 3.69. The van der Waals surface area contributed by atoms with Crippen molar-refractivity contribution in [1.82, 2.24) is 19.2 Å². The van der Waals surface area contributed by atoms with Crippen molar-refractivity contribution in [2.75, 3.05) is 39.3 Å². The molecule has 0 atom stereocenters. The van der Waals surface area contributed by atoms with Gasteiger partial charge in [0.25, 0.3) is 10.0 Å². The van der Waals surface area contributed by atoms with E-state index < -0.39 is 10.0 Å². The summed E-state index contributed by atoms with van der Waals surface area (Å²) in [6.07, 6.45) is 2.21. The Bertz CT molecular complexity index is 513. The van der Waals surface area contributed by atoms with E-state index in [0.717, 1.165) is 26.1 Å². The average Bonchev–Trinajstić information content (AvgIpc) is 2.66. The summed E-state index contributed by atoms with van der Waals surface area (Å²) in [5, 5.41) is 0.178. The van der Waals surface area contributed by atoms with E-state index in [4.69, 9.17) is 5.73 Å². The van der Waals surface area contributed by atoms with Crippen molar-refractivity contribution >= 4 is 10.0 Å². The van der Waals surface area contributed by atoms with Crippen molar-refractivity contribution in [3.05, 3.63) is 12.0 Å². The summed E-state index contributed by atoms with van der Waals surface area (Å²) in [4.78, 5) is 8.96. The number of hydrogen-bond acceptors (Lipinski definition) is 5. The Balaban J connectivity index is 2.09. The Hall–Kier alpha value is -0.960. The van der Waals surface area contributed by atoms with Gasteiger partial charge in [0.05, 0.1) is 6.20 Å². The molecule has 1 aliphatic rings. The molecule has 0 saturated carbocycles. The third-order valence-electron chi connectivity index (χ3n) is 3.29. The molecule has 1 fully saturated rings. The number of nitrogens with two attached hydrogens (primary N) is 1. The Labute approximate surface area is 113 Å². The predicted molar refractivity (Wildman–Crippen MR) is 72.2 cm³/mol. The highest BCUT2D eigenvalue weighted by Gasteiger charge is 2.28. The van der Waals surface area contributed by atoms with E-state index in [1.54, 1.807) is 6.92 Å². The minimum absolute atomic E-state index is 0.178. The molecule has 0 radical (unpaired) electrons. The van der Waals surface area contributed by atoms with Gasteiger partial charge < -0.3 is 15.6 Å². The maximum Gasteiger partial charge on any atom is 0.260 e. The lowest BCUT2D eigenvalue weighted by Gasteiger charge is -2.20. The fourth-order valence-electron chi connectivity index (χ4n) is 2.26. The van der Waals surface area contributed by atoms with Crippen LogP contribution in [0.25, 0.3) is 0 Å². The Morgan fingerprint density at radius 1 is 1.37 bits per heavy atom. The summed E-state index contributed by atoms with van der Waals surface area (Å²) in [6.45, 7) is 5.82. The molecule has 0 amide bonds. The third-order valence-corrected chi connectivity index (χ3v) is 5.10. The molecule has 2 heterocycles. The van der Waals surface area contributed by atoms with Gasteiger partial charge in [-0.2, -0.15) is 4.31 Å². The molecule has 19 heavy (non-hydrogen) atoms. The number of sulfonamides is 1. The minimum Gasteiger partial charge on any atom is -0.332 e. The fraction of sp³-hybridized carbons (Fsp3) is 0.727. The molecule has 108 valence electrons. The SMILES string of the molecule is Cc1ncc(S(=O)(=O)N2CCCN(CCN)CC2)[nH]1. The van der Waals surface area contributed by atoms with Crippen LogP contribution in [0.4, 0.5) is 0 Å². The molecule has 1 aromatic heterocycles. The number of H-pyrrole nitrogens is 1. The first-order valence-corrected chi connectivity index (χ1v) is 7.92. The first-order valence-electron chi connectivity index (χ1n) is 6.48. The number of nitrogens with one attached hydrogen (secondary N) is 1. The molecule has 0 aliphatic carbocycles. The zero-order valence-corrected chi connectivity index (χ0v) is 12.0. The van der Waals surface area contributed by atoms with Gasteiger partial charge in [0, 0.05) is 32.7 Å². The molecule has 2 rings (SSSR count). The molecule has 8 heteroatoms. The van der Waals surface area contributed by atoms with E-state index >= 15 is 0 Å². The molecule has 7 nitrogen and oxygen atoms in total. The molecule has 0 bridgehead atoms. The number of aromatic amines is 1. The van der Waals surface area contributed by atoms with Crippen LogP contribution in [0.5, 0.6) is 0 Å². The van der Waals surface area contributed by atoms with Crippen LogP contribution >= 0.6 is 0 Å². The van der Waals surface area contributed by atoms with Crippen molar-refractivity contribution in [2.45, 2.75) is 18.4 Å². The summed E-state index contributed by atoms with van der Waals surface area (Å²) in [5.41, 5.74) is 5.54. The first-order chi connectivity index (χ1) is 9.04. The number of aromatic nitrogens is 2. The average molecular weight is 287 g/mol. The maximum atomic E-state index is 12.4. The maximum absolute atomic E-state index is 12.4. The van der Waals surface area contributed by atoms with Gasteiger partial charge in [-0.05, 0) is 19.9 Å². The molecule has 0 unspecified atom stereocenters. The van der Waals surface area contributed by atoms with Crippen LogP contribution in [0.15, 0.2) is 11.2 Å². The van der Waals surface area contributed by atoms with Crippen LogP contribution in [0.3, 0.4) is 0 Å². The van der Waals surface area contributed by atoms with Gasteiger partial charge in [0.1, 0.15) is 5.82 Å². The summed E-state index contributed by atoms with van der Waals surface area (Å²) in [7, 11) is -3.45. The second-order valence-corrected chi connectivity index (χ2v) is 6.63. The summed E-state index contributed by atoms with van der Waals surface area (Å²) >= 11 is 0. The van der Waals surface area contributed by atoms with Crippen LogP contribution in [0.1, 0.15) is 12.2 Å². The highest BCUT2D eigenvalue weighted by atomic mass is 32.2. The molecule has 3 N–H and O–H groups in total. The predicted octanol–water partition coefficient (Wildman–Crippen LogP) is -0.627. The molecule has 1 aromatic rings. The zero-order chi connectivity index (χ0) is 13.9. The standard InChI is InChI=1S/C11H21N5O2S/c1-10-13-9-11(14-10)19(17,18)16-5-2-4-15(6-3-12)7-8-16/h9H,2-8,12H2,1H3,(H,13,14). The number of aryl methyl sites for hydroxylation is 1. The number of hydrogen-bond donors (Lipinski definition) is 2. The smallest absolute Gasteiger partial charge is 0.260 e. The van der Waals surface area contributed by atoms with Crippen molar-refractivity contribution < 1.29 is 8.42 Å². The van der Waals surface area contributed by atoms with Gasteiger partial charge in [-0.1, -0.05) is 0 Å². The van der Waals surface area contributed by atoms with Crippen molar-refractivity contribution in [3.63, 3.8) is 0 Å².